The minimum atomic E-state index is -0.616. The zero-order valence-corrected chi connectivity index (χ0v) is 13.2. The molecule has 1 heterocycles. The Balaban J connectivity index is 1.63. The Morgan fingerprint density at radius 3 is 2.75 bits per heavy atom. The normalized spacial score (nSPS) is 23.4. The van der Waals surface area contributed by atoms with Crippen molar-refractivity contribution in [1.29, 1.82) is 0 Å². The maximum atomic E-state index is 12.6. The molecule has 6 heteroatoms. The second kappa shape index (κ2) is 7.40. The molecule has 1 aromatic carbocycles. The summed E-state index contributed by atoms with van der Waals surface area (Å²) >= 11 is 0. The van der Waals surface area contributed by atoms with Gasteiger partial charge in [-0.3, -0.25) is 9.59 Å². The first-order chi connectivity index (χ1) is 11.6. The highest BCUT2D eigenvalue weighted by atomic mass is 16.6. The van der Waals surface area contributed by atoms with Gasteiger partial charge in [-0.05, 0) is 11.6 Å². The fourth-order valence-corrected chi connectivity index (χ4v) is 2.94. The molecule has 2 atom stereocenters. The van der Waals surface area contributed by atoms with Gasteiger partial charge in [0.05, 0.1) is 25.7 Å². The average Bonchev–Trinajstić information content (AvgIpc) is 3.01. The van der Waals surface area contributed by atoms with Gasteiger partial charge in [0.1, 0.15) is 6.61 Å². The minimum absolute atomic E-state index is 0.0311. The van der Waals surface area contributed by atoms with Crippen LogP contribution in [-0.2, 0) is 25.7 Å². The Labute approximate surface area is 140 Å². The number of nitrogens with zero attached hydrogens (tertiary/aromatic N) is 1. The second-order valence-electron chi connectivity index (χ2n) is 5.92. The molecule has 0 N–H and O–H groups in total. The average molecular weight is 329 g/mol. The third kappa shape index (κ3) is 3.71. The molecule has 2 aliphatic rings. The number of allylic oxidation sites excluding steroid dienone is 1. The molecule has 126 valence electrons. The number of amides is 2. The van der Waals surface area contributed by atoms with Gasteiger partial charge in [-0.1, -0.05) is 36.4 Å². The zero-order valence-electron chi connectivity index (χ0n) is 13.2. The molecule has 1 saturated heterocycles. The van der Waals surface area contributed by atoms with E-state index in [4.69, 9.17) is 9.47 Å². The summed E-state index contributed by atoms with van der Waals surface area (Å²) in [7, 11) is 0. The smallest absolute Gasteiger partial charge is 0.416 e. The summed E-state index contributed by atoms with van der Waals surface area (Å²) < 4.78 is 10.5. The van der Waals surface area contributed by atoms with E-state index in [0.29, 0.717) is 6.61 Å². The summed E-state index contributed by atoms with van der Waals surface area (Å²) in [5.74, 6) is -1.16. The minimum Gasteiger partial charge on any atom is -0.447 e. The molecule has 3 rings (SSSR count). The fraction of sp³-hybridized carbons (Fsp3) is 0.389. The molecule has 2 amide bonds. The van der Waals surface area contributed by atoms with Crippen molar-refractivity contribution in [2.45, 2.75) is 13.0 Å². The maximum Gasteiger partial charge on any atom is 0.416 e. The van der Waals surface area contributed by atoms with Crippen molar-refractivity contribution in [2.24, 2.45) is 11.8 Å². The molecule has 1 aliphatic heterocycles. The van der Waals surface area contributed by atoms with Crippen LogP contribution < -0.4 is 0 Å². The van der Waals surface area contributed by atoms with Crippen LogP contribution in [0, 0.1) is 11.8 Å². The van der Waals surface area contributed by atoms with Crippen LogP contribution in [0.4, 0.5) is 4.79 Å². The topological polar surface area (TPSA) is 72.9 Å². The van der Waals surface area contributed by atoms with E-state index in [-0.39, 0.29) is 43.8 Å². The molecular formula is C18H19NO5. The quantitative estimate of drug-likeness (QED) is 0.825. The number of imide groups is 1. The van der Waals surface area contributed by atoms with E-state index in [2.05, 4.69) is 0 Å². The largest absolute Gasteiger partial charge is 0.447 e. The van der Waals surface area contributed by atoms with Crippen molar-refractivity contribution in [3.63, 3.8) is 0 Å². The number of ketones is 1. The molecule has 24 heavy (non-hydrogen) atoms. The van der Waals surface area contributed by atoms with Crippen molar-refractivity contribution >= 4 is 17.8 Å². The van der Waals surface area contributed by atoms with Crippen LogP contribution >= 0.6 is 0 Å². The first-order valence-corrected chi connectivity index (χ1v) is 7.96. The van der Waals surface area contributed by atoms with Gasteiger partial charge in [-0.15, -0.1) is 0 Å². The van der Waals surface area contributed by atoms with E-state index in [0.717, 1.165) is 10.5 Å². The monoisotopic (exact) mass is 329 g/mol. The van der Waals surface area contributed by atoms with Crippen LogP contribution in [0.2, 0.25) is 0 Å². The first kappa shape index (κ1) is 16.4. The maximum absolute atomic E-state index is 12.6. The summed E-state index contributed by atoms with van der Waals surface area (Å²) in [5.41, 5.74) is 1.03. The molecule has 0 spiro atoms. The highest BCUT2D eigenvalue weighted by Gasteiger charge is 2.38. The Kier molecular flexibility index (Phi) is 5.05. The molecule has 0 aromatic heterocycles. The van der Waals surface area contributed by atoms with Gasteiger partial charge in [0, 0.05) is 12.3 Å². The van der Waals surface area contributed by atoms with Crippen LogP contribution in [0.5, 0.6) is 0 Å². The summed E-state index contributed by atoms with van der Waals surface area (Å²) in [6.07, 6.45) is 2.62. The number of rotatable bonds is 5. The number of carbonyl (C=O) groups is 3. The predicted octanol–water partition coefficient (Wildman–Crippen LogP) is 1.94. The van der Waals surface area contributed by atoms with Gasteiger partial charge in [0.2, 0.25) is 5.91 Å². The van der Waals surface area contributed by atoms with E-state index in [9.17, 15) is 14.4 Å². The van der Waals surface area contributed by atoms with Crippen LogP contribution in [-0.4, -0.2) is 42.4 Å². The van der Waals surface area contributed by atoms with Crippen LogP contribution in [0.15, 0.2) is 42.5 Å². The number of carbonyl (C=O) groups excluding carboxylic acids is 3. The molecule has 0 unspecified atom stereocenters. The van der Waals surface area contributed by atoms with Crippen molar-refractivity contribution in [3.8, 4) is 0 Å². The lowest BCUT2D eigenvalue weighted by Gasteiger charge is -2.27. The Morgan fingerprint density at radius 2 is 2.04 bits per heavy atom. The Hall–Kier alpha value is -2.47. The standard InChI is InChI=1S/C18H19NO5/c20-15-6-7-16(17(21)19-8-9-24-18(19)22)14(10-15)12-23-11-13-4-2-1-3-5-13/h1-7,14,16H,8-12H2/t14-,16+/m1/s1. The SMILES string of the molecule is O=C1C=C[C@H](C(=O)N2CCOC2=O)[C@@H](COCc2ccccc2)C1. The van der Waals surface area contributed by atoms with Crippen molar-refractivity contribution < 1.29 is 23.9 Å². The number of hydrogen-bond acceptors (Lipinski definition) is 5. The van der Waals surface area contributed by atoms with Crippen molar-refractivity contribution in [1.82, 2.24) is 4.90 Å². The lowest BCUT2D eigenvalue weighted by molar-refractivity contribution is -0.133. The molecule has 1 fully saturated rings. The molecule has 0 radical (unpaired) electrons. The van der Waals surface area contributed by atoms with Gasteiger partial charge in [0.15, 0.2) is 5.78 Å². The lowest BCUT2D eigenvalue weighted by Crippen LogP contribution is -2.41. The Morgan fingerprint density at radius 1 is 1.25 bits per heavy atom. The summed E-state index contributed by atoms with van der Waals surface area (Å²) in [6.45, 7) is 1.18. The Bertz CT molecular complexity index is 655. The lowest BCUT2D eigenvalue weighted by atomic mass is 9.83. The number of benzene rings is 1. The molecule has 6 nitrogen and oxygen atoms in total. The summed E-state index contributed by atoms with van der Waals surface area (Å²) in [4.78, 5) is 37.0. The van der Waals surface area contributed by atoms with E-state index in [1.165, 1.54) is 6.08 Å². The molecule has 1 aromatic rings. The third-order valence-electron chi connectivity index (χ3n) is 4.22. The highest BCUT2D eigenvalue weighted by Crippen LogP contribution is 2.27. The third-order valence-corrected chi connectivity index (χ3v) is 4.22. The van der Waals surface area contributed by atoms with E-state index >= 15 is 0 Å². The second-order valence-corrected chi connectivity index (χ2v) is 5.92. The molecule has 0 bridgehead atoms. The van der Waals surface area contributed by atoms with Crippen LogP contribution in [0.3, 0.4) is 0 Å². The number of cyclic esters (lactones) is 1. The van der Waals surface area contributed by atoms with Gasteiger partial charge >= 0.3 is 6.09 Å². The number of ether oxygens (including phenoxy) is 2. The van der Waals surface area contributed by atoms with Crippen LogP contribution in [0.25, 0.3) is 0 Å². The van der Waals surface area contributed by atoms with E-state index < -0.39 is 12.0 Å². The summed E-state index contributed by atoms with van der Waals surface area (Å²) in [6, 6.07) is 9.69. The molecule has 1 aliphatic carbocycles. The van der Waals surface area contributed by atoms with Gasteiger partial charge in [0.25, 0.3) is 0 Å². The van der Waals surface area contributed by atoms with Crippen molar-refractivity contribution in [3.05, 3.63) is 48.0 Å². The van der Waals surface area contributed by atoms with Crippen molar-refractivity contribution in [2.75, 3.05) is 19.8 Å². The number of hydrogen-bond donors (Lipinski definition) is 0. The molecular weight excluding hydrogens is 310 g/mol. The fourth-order valence-electron chi connectivity index (χ4n) is 2.94. The van der Waals surface area contributed by atoms with Crippen LogP contribution in [0.1, 0.15) is 12.0 Å². The highest BCUT2D eigenvalue weighted by molar-refractivity contribution is 5.98. The zero-order chi connectivity index (χ0) is 16.9. The molecule has 0 saturated carbocycles. The summed E-state index contributed by atoms with van der Waals surface area (Å²) in [5, 5.41) is 0. The van der Waals surface area contributed by atoms with Gasteiger partial charge in [-0.2, -0.15) is 0 Å². The van der Waals surface area contributed by atoms with Gasteiger partial charge < -0.3 is 9.47 Å². The van der Waals surface area contributed by atoms with Gasteiger partial charge in [-0.25, -0.2) is 9.69 Å². The van der Waals surface area contributed by atoms with E-state index in [1.54, 1.807) is 6.08 Å². The predicted molar refractivity (Wildman–Crippen MR) is 84.9 cm³/mol. The first-order valence-electron chi connectivity index (χ1n) is 7.96. The van der Waals surface area contributed by atoms with E-state index in [1.807, 2.05) is 30.3 Å².